The van der Waals surface area contributed by atoms with Crippen molar-refractivity contribution in [3.8, 4) is 5.75 Å². The molecule has 2 aromatic carbocycles. The Morgan fingerprint density at radius 3 is 2.74 bits per heavy atom. The van der Waals surface area contributed by atoms with Gasteiger partial charge in [-0.2, -0.15) is 4.98 Å². The lowest BCUT2D eigenvalue weighted by atomic mass is 10.1. The van der Waals surface area contributed by atoms with Crippen LogP contribution in [0.2, 0.25) is 0 Å². The first kappa shape index (κ1) is 17.3. The molecule has 1 aliphatic heterocycles. The van der Waals surface area contributed by atoms with Gasteiger partial charge >= 0.3 is 0 Å². The summed E-state index contributed by atoms with van der Waals surface area (Å²) >= 11 is 0. The maximum atomic E-state index is 12.4. The Balaban J connectivity index is 1.41. The standard InChI is InChI=1S/C21H21N3O3/c1-14-6-8-17(9-7-14)24-12-16(11-20(24)25)21-22-19(27-23-21)13-26-18-5-3-4-15(2)10-18/h3-10,16H,11-13H2,1-2H3/t16-/m0/s1. The number of carbonyl (C=O) groups excluding carboxylic acids is 1. The summed E-state index contributed by atoms with van der Waals surface area (Å²) in [6, 6.07) is 15.7. The zero-order valence-electron chi connectivity index (χ0n) is 15.4. The number of ether oxygens (including phenoxy) is 1. The second kappa shape index (κ2) is 7.23. The maximum absolute atomic E-state index is 12.4. The Hall–Kier alpha value is -3.15. The fraction of sp³-hybridized carbons (Fsp3) is 0.286. The number of aromatic nitrogens is 2. The van der Waals surface area contributed by atoms with Crippen molar-refractivity contribution >= 4 is 11.6 Å². The van der Waals surface area contributed by atoms with E-state index in [0.29, 0.717) is 24.7 Å². The number of hydrogen-bond donors (Lipinski definition) is 0. The molecule has 27 heavy (non-hydrogen) atoms. The van der Waals surface area contributed by atoms with Gasteiger partial charge < -0.3 is 14.2 Å². The molecule has 0 bridgehead atoms. The highest BCUT2D eigenvalue weighted by molar-refractivity contribution is 5.96. The van der Waals surface area contributed by atoms with E-state index >= 15 is 0 Å². The van der Waals surface area contributed by atoms with E-state index < -0.39 is 0 Å². The SMILES string of the molecule is Cc1ccc(N2C[C@@H](c3noc(COc4cccc(C)c4)n3)CC2=O)cc1. The van der Waals surface area contributed by atoms with Gasteiger partial charge in [0.15, 0.2) is 12.4 Å². The van der Waals surface area contributed by atoms with Gasteiger partial charge in [0, 0.05) is 24.6 Å². The molecule has 1 saturated heterocycles. The van der Waals surface area contributed by atoms with Gasteiger partial charge in [0.05, 0.1) is 0 Å². The zero-order chi connectivity index (χ0) is 18.8. The minimum Gasteiger partial charge on any atom is -0.484 e. The van der Waals surface area contributed by atoms with Gasteiger partial charge in [-0.3, -0.25) is 4.79 Å². The number of anilines is 1. The van der Waals surface area contributed by atoms with Crippen LogP contribution in [0.1, 0.15) is 35.2 Å². The molecule has 0 spiro atoms. The Morgan fingerprint density at radius 1 is 1.15 bits per heavy atom. The van der Waals surface area contributed by atoms with E-state index in [1.165, 1.54) is 5.56 Å². The highest BCUT2D eigenvalue weighted by atomic mass is 16.5. The molecule has 2 heterocycles. The summed E-state index contributed by atoms with van der Waals surface area (Å²) in [5.74, 6) is 1.73. The largest absolute Gasteiger partial charge is 0.484 e. The first-order valence-electron chi connectivity index (χ1n) is 8.97. The van der Waals surface area contributed by atoms with Crippen LogP contribution in [0, 0.1) is 13.8 Å². The molecule has 1 atom stereocenters. The van der Waals surface area contributed by atoms with E-state index in [-0.39, 0.29) is 18.4 Å². The van der Waals surface area contributed by atoms with Crippen LogP contribution < -0.4 is 9.64 Å². The molecular weight excluding hydrogens is 342 g/mol. The van der Waals surface area contributed by atoms with E-state index in [2.05, 4.69) is 10.1 Å². The van der Waals surface area contributed by atoms with Gasteiger partial charge in [0.1, 0.15) is 5.75 Å². The van der Waals surface area contributed by atoms with Crippen LogP contribution in [0.25, 0.3) is 0 Å². The van der Waals surface area contributed by atoms with Crippen molar-refractivity contribution < 1.29 is 14.1 Å². The van der Waals surface area contributed by atoms with E-state index in [0.717, 1.165) is 17.0 Å². The number of carbonyl (C=O) groups is 1. The van der Waals surface area contributed by atoms with Crippen molar-refractivity contribution in [2.24, 2.45) is 0 Å². The van der Waals surface area contributed by atoms with Gasteiger partial charge in [-0.15, -0.1) is 0 Å². The van der Waals surface area contributed by atoms with Crippen LogP contribution in [0.15, 0.2) is 53.1 Å². The molecule has 4 rings (SSSR count). The topological polar surface area (TPSA) is 68.5 Å². The van der Waals surface area contributed by atoms with Gasteiger partial charge in [-0.1, -0.05) is 35.0 Å². The lowest BCUT2D eigenvalue weighted by Gasteiger charge is -2.16. The fourth-order valence-electron chi connectivity index (χ4n) is 3.20. The maximum Gasteiger partial charge on any atom is 0.264 e. The molecule has 0 aliphatic carbocycles. The number of benzene rings is 2. The Labute approximate surface area is 157 Å². The molecule has 1 aromatic heterocycles. The lowest BCUT2D eigenvalue weighted by Crippen LogP contribution is -2.24. The molecule has 0 saturated carbocycles. The van der Waals surface area contributed by atoms with Crippen molar-refractivity contribution in [1.29, 1.82) is 0 Å². The molecule has 6 heteroatoms. The van der Waals surface area contributed by atoms with Crippen LogP contribution >= 0.6 is 0 Å². The highest BCUT2D eigenvalue weighted by Gasteiger charge is 2.34. The van der Waals surface area contributed by atoms with E-state index in [9.17, 15) is 4.79 Å². The first-order chi connectivity index (χ1) is 13.1. The van der Waals surface area contributed by atoms with Crippen LogP contribution in [0.4, 0.5) is 5.69 Å². The van der Waals surface area contributed by atoms with E-state index in [1.54, 1.807) is 4.90 Å². The van der Waals surface area contributed by atoms with Crippen LogP contribution in [0.3, 0.4) is 0 Å². The molecule has 1 aliphatic rings. The summed E-state index contributed by atoms with van der Waals surface area (Å²) in [6.07, 6.45) is 0.381. The zero-order valence-corrected chi connectivity index (χ0v) is 15.4. The average Bonchev–Trinajstić information content (AvgIpc) is 3.27. The molecule has 6 nitrogen and oxygen atoms in total. The number of rotatable bonds is 5. The smallest absolute Gasteiger partial charge is 0.264 e. The van der Waals surface area contributed by atoms with Crippen molar-refractivity contribution in [2.75, 3.05) is 11.4 Å². The molecule has 1 fully saturated rings. The van der Waals surface area contributed by atoms with Crippen molar-refractivity contribution in [3.05, 3.63) is 71.4 Å². The number of nitrogens with zero attached hydrogens (tertiary/aromatic N) is 3. The summed E-state index contributed by atoms with van der Waals surface area (Å²) in [6.45, 7) is 4.80. The predicted molar refractivity (Wildman–Crippen MR) is 101 cm³/mol. The fourth-order valence-corrected chi connectivity index (χ4v) is 3.20. The molecule has 0 unspecified atom stereocenters. The summed E-state index contributed by atoms with van der Waals surface area (Å²) < 4.78 is 11.0. The van der Waals surface area contributed by atoms with E-state index in [1.807, 2.05) is 62.4 Å². The van der Waals surface area contributed by atoms with Crippen molar-refractivity contribution in [2.45, 2.75) is 32.8 Å². The van der Waals surface area contributed by atoms with Crippen LogP contribution in [-0.2, 0) is 11.4 Å². The predicted octanol–water partition coefficient (Wildman–Crippen LogP) is 3.79. The number of amides is 1. The normalized spacial score (nSPS) is 16.7. The molecular formula is C21H21N3O3. The highest BCUT2D eigenvalue weighted by Crippen LogP contribution is 2.30. The second-order valence-corrected chi connectivity index (χ2v) is 6.89. The molecule has 1 amide bonds. The van der Waals surface area contributed by atoms with Crippen molar-refractivity contribution in [3.63, 3.8) is 0 Å². The Morgan fingerprint density at radius 2 is 1.96 bits per heavy atom. The van der Waals surface area contributed by atoms with Gasteiger partial charge in [0.25, 0.3) is 5.89 Å². The third-order valence-electron chi connectivity index (χ3n) is 4.67. The summed E-state index contributed by atoms with van der Waals surface area (Å²) in [7, 11) is 0. The Kier molecular flexibility index (Phi) is 4.62. The number of hydrogen-bond acceptors (Lipinski definition) is 5. The third-order valence-corrected chi connectivity index (χ3v) is 4.67. The monoisotopic (exact) mass is 363 g/mol. The quantitative estimate of drug-likeness (QED) is 0.690. The molecule has 138 valence electrons. The van der Waals surface area contributed by atoms with Gasteiger partial charge in [-0.05, 0) is 43.7 Å². The second-order valence-electron chi connectivity index (χ2n) is 6.89. The molecule has 0 radical (unpaired) electrons. The minimum atomic E-state index is -0.0738. The lowest BCUT2D eigenvalue weighted by molar-refractivity contribution is -0.117. The van der Waals surface area contributed by atoms with Crippen molar-refractivity contribution in [1.82, 2.24) is 10.1 Å². The first-order valence-corrected chi connectivity index (χ1v) is 8.97. The van der Waals surface area contributed by atoms with Gasteiger partial charge in [-0.25, -0.2) is 0 Å². The molecule has 3 aromatic rings. The number of aryl methyl sites for hydroxylation is 2. The van der Waals surface area contributed by atoms with E-state index in [4.69, 9.17) is 9.26 Å². The Bertz CT molecular complexity index is 949. The summed E-state index contributed by atoms with van der Waals surface area (Å²) in [4.78, 5) is 18.6. The average molecular weight is 363 g/mol. The molecule has 0 N–H and O–H groups in total. The van der Waals surface area contributed by atoms with Gasteiger partial charge in [0.2, 0.25) is 5.91 Å². The van der Waals surface area contributed by atoms with Crippen LogP contribution in [0.5, 0.6) is 5.75 Å². The van der Waals surface area contributed by atoms with Crippen LogP contribution in [-0.4, -0.2) is 22.6 Å². The summed E-state index contributed by atoms with van der Waals surface area (Å²) in [5.41, 5.74) is 3.19. The minimum absolute atomic E-state index is 0.0738. The third kappa shape index (κ3) is 3.84. The summed E-state index contributed by atoms with van der Waals surface area (Å²) in [5, 5.41) is 4.06.